The van der Waals surface area contributed by atoms with Crippen molar-refractivity contribution in [1.82, 2.24) is 0 Å². The Hall–Kier alpha value is -1.56. The van der Waals surface area contributed by atoms with E-state index in [1.54, 1.807) is 6.07 Å². The first kappa shape index (κ1) is 16.8. The van der Waals surface area contributed by atoms with Crippen LogP contribution in [0.3, 0.4) is 0 Å². The molecule has 8 heteroatoms. The summed E-state index contributed by atoms with van der Waals surface area (Å²) >= 11 is 4.29. The number of nitrogens with zero attached hydrogens (tertiary/aromatic N) is 3. The highest BCUT2D eigenvalue weighted by Gasteiger charge is 2.07. The Kier molecular flexibility index (Phi) is 6.24. The van der Waals surface area contributed by atoms with Crippen LogP contribution in [0.15, 0.2) is 63.9 Å². The lowest BCUT2D eigenvalue weighted by Crippen LogP contribution is -2.22. The first-order valence-electron chi connectivity index (χ1n) is 6.12. The number of para-hydroxylation sites is 1. The molecule has 0 saturated heterocycles. The van der Waals surface area contributed by atoms with Gasteiger partial charge in [0.05, 0.1) is 11.4 Å². The standard InChI is InChI=1S/C14H11I2N5O/c15-9-5-1-3-7-11(9)18-20-14(13(17)22)21-19-12-8-4-2-6-10(12)16/h1-8,18H,(H2,17,22). The van der Waals surface area contributed by atoms with Crippen LogP contribution in [0.4, 0.5) is 11.4 Å². The molecule has 1 amide bonds. The highest BCUT2D eigenvalue weighted by molar-refractivity contribution is 14.1. The monoisotopic (exact) mass is 519 g/mol. The van der Waals surface area contributed by atoms with Gasteiger partial charge in [-0.1, -0.05) is 24.3 Å². The number of carbonyl (C=O) groups is 1. The highest BCUT2D eigenvalue weighted by atomic mass is 127. The van der Waals surface area contributed by atoms with Gasteiger partial charge in [0.25, 0.3) is 11.7 Å². The summed E-state index contributed by atoms with van der Waals surface area (Å²) < 4.78 is 1.88. The van der Waals surface area contributed by atoms with Gasteiger partial charge >= 0.3 is 0 Å². The van der Waals surface area contributed by atoms with Gasteiger partial charge in [0, 0.05) is 7.14 Å². The number of halogens is 2. The number of carbonyl (C=O) groups excluding carboxylic acids is 1. The molecule has 0 aromatic heterocycles. The van der Waals surface area contributed by atoms with Crippen LogP contribution in [-0.4, -0.2) is 11.7 Å². The first-order valence-corrected chi connectivity index (χ1v) is 8.28. The number of azo groups is 1. The molecule has 2 aromatic rings. The SMILES string of the molecule is NC(=O)C(N=Nc1ccccc1I)=NNc1ccccc1I. The summed E-state index contributed by atoms with van der Waals surface area (Å²) in [5.74, 6) is -0.951. The van der Waals surface area contributed by atoms with Gasteiger partial charge in [0.15, 0.2) is 0 Å². The molecule has 0 heterocycles. The van der Waals surface area contributed by atoms with Gasteiger partial charge in [-0.15, -0.1) is 15.3 Å². The first-order chi connectivity index (χ1) is 10.6. The number of nitrogens with two attached hydrogens (primary N) is 1. The number of anilines is 1. The molecule has 0 radical (unpaired) electrons. The average molecular weight is 519 g/mol. The Balaban J connectivity index is 2.20. The van der Waals surface area contributed by atoms with Gasteiger partial charge < -0.3 is 5.73 Å². The van der Waals surface area contributed by atoms with Crippen molar-refractivity contribution in [2.45, 2.75) is 0 Å². The number of hydrazone groups is 1. The topological polar surface area (TPSA) is 92.2 Å². The van der Waals surface area contributed by atoms with E-state index in [9.17, 15) is 4.79 Å². The van der Waals surface area contributed by atoms with E-state index < -0.39 is 5.91 Å². The van der Waals surface area contributed by atoms with E-state index in [2.05, 4.69) is 65.9 Å². The fourth-order valence-corrected chi connectivity index (χ4v) is 2.43. The Labute approximate surface area is 154 Å². The molecular weight excluding hydrogens is 508 g/mol. The van der Waals surface area contributed by atoms with Gasteiger partial charge in [-0.25, -0.2) is 0 Å². The molecule has 0 atom stereocenters. The molecular formula is C14H11I2N5O. The van der Waals surface area contributed by atoms with Gasteiger partial charge in [-0.05, 0) is 69.4 Å². The maximum Gasteiger partial charge on any atom is 0.290 e. The number of hydrogen-bond donors (Lipinski definition) is 2. The maximum atomic E-state index is 11.4. The minimum atomic E-state index is -0.756. The number of primary amides is 1. The number of nitrogens with one attached hydrogen (secondary N) is 1. The largest absolute Gasteiger partial charge is 0.363 e. The van der Waals surface area contributed by atoms with E-state index >= 15 is 0 Å². The molecule has 0 bridgehead atoms. The van der Waals surface area contributed by atoms with Crippen LogP contribution in [0, 0.1) is 7.14 Å². The van der Waals surface area contributed by atoms with Crippen LogP contribution in [0.25, 0.3) is 0 Å². The molecule has 2 rings (SSSR count). The zero-order valence-corrected chi connectivity index (χ0v) is 15.5. The molecule has 0 saturated carbocycles. The summed E-state index contributed by atoms with van der Waals surface area (Å²) in [6.45, 7) is 0. The fourth-order valence-electron chi connectivity index (χ4n) is 1.43. The summed E-state index contributed by atoms with van der Waals surface area (Å²) in [5, 5.41) is 11.8. The molecule has 3 N–H and O–H groups in total. The van der Waals surface area contributed by atoms with E-state index in [4.69, 9.17) is 5.73 Å². The number of benzene rings is 2. The number of amides is 1. The van der Waals surface area contributed by atoms with Gasteiger partial charge in [-0.2, -0.15) is 0 Å². The third-order valence-electron chi connectivity index (χ3n) is 2.48. The molecule has 0 aliphatic carbocycles. The summed E-state index contributed by atoms with van der Waals surface area (Å²) in [4.78, 5) is 11.4. The molecule has 112 valence electrons. The number of hydrogen-bond acceptors (Lipinski definition) is 4. The zero-order chi connectivity index (χ0) is 15.9. The van der Waals surface area contributed by atoms with Crippen molar-refractivity contribution in [3.8, 4) is 0 Å². The van der Waals surface area contributed by atoms with Crippen LogP contribution in [-0.2, 0) is 4.79 Å². The van der Waals surface area contributed by atoms with Crippen molar-refractivity contribution in [2.75, 3.05) is 5.43 Å². The normalized spacial score (nSPS) is 11.6. The van der Waals surface area contributed by atoms with Gasteiger partial charge in [-0.3, -0.25) is 10.2 Å². The maximum absolute atomic E-state index is 11.4. The Morgan fingerprint density at radius 1 is 1.00 bits per heavy atom. The second kappa shape index (κ2) is 8.17. The summed E-state index contributed by atoms with van der Waals surface area (Å²) in [7, 11) is 0. The molecule has 0 fully saturated rings. The van der Waals surface area contributed by atoms with Gasteiger partial charge in [0.2, 0.25) is 0 Å². The van der Waals surface area contributed by atoms with Crippen molar-refractivity contribution in [1.29, 1.82) is 0 Å². The van der Waals surface area contributed by atoms with E-state index in [0.717, 1.165) is 12.8 Å². The summed E-state index contributed by atoms with van der Waals surface area (Å²) in [5.41, 5.74) is 9.44. The fraction of sp³-hybridized carbons (Fsp3) is 0. The van der Waals surface area contributed by atoms with E-state index in [0.29, 0.717) is 5.69 Å². The number of rotatable bonds is 3. The second-order valence-corrected chi connectivity index (χ2v) is 6.37. The van der Waals surface area contributed by atoms with Crippen LogP contribution in [0.2, 0.25) is 0 Å². The second-order valence-electron chi connectivity index (χ2n) is 4.04. The van der Waals surface area contributed by atoms with E-state index in [1.807, 2.05) is 42.5 Å². The molecule has 6 nitrogen and oxygen atoms in total. The summed E-state index contributed by atoms with van der Waals surface area (Å²) in [6, 6.07) is 14.9. The van der Waals surface area contributed by atoms with Crippen LogP contribution < -0.4 is 11.2 Å². The van der Waals surface area contributed by atoms with Gasteiger partial charge in [0.1, 0.15) is 0 Å². The molecule has 0 spiro atoms. The third-order valence-corrected chi connectivity index (χ3v) is 4.33. The molecule has 2 aromatic carbocycles. The Bertz CT molecular complexity index is 746. The lowest BCUT2D eigenvalue weighted by Gasteiger charge is -2.03. The van der Waals surface area contributed by atoms with Crippen molar-refractivity contribution in [3.63, 3.8) is 0 Å². The average Bonchev–Trinajstić information content (AvgIpc) is 2.50. The molecule has 0 aliphatic rings. The van der Waals surface area contributed by atoms with E-state index in [-0.39, 0.29) is 5.84 Å². The third kappa shape index (κ3) is 4.73. The minimum absolute atomic E-state index is 0.195. The van der Waals surface area contributed by atoms with Crippen LogP contribution in [0.1, 0.15) is 0 Å². The van der Waals surface area contributed by atoms with Crippen molar-refractivity contribution < 1.29 is 4.79 Å². The molecule has 0 unspecified atom stereocenters. The predicted octanol–water partition coefficient (Wildman–Crippen LogP) is 3.89. The lowest BCUT2D eigenvalue weighted by molar-refractivity contribution is -0.112. The predicted molar refractivity (Wildman–Crippen MR) is 103 cm³/mol. The smallest absolute Gasteiger partial charge is 0.290 e. The Morgan fingerprint density at radius 3 is 2.27 bits per heavy atom. The minimum Gasteiger partial charge on any atom is -0.363 e. The molecule has 22 heavy (non-hydrogen) atoms. The quantitative estimate of drug-likeness (QED) is 0.212. The Morgan fingerprint density at radius 2 is 1.64 bits per heavy atom. The summed E-state index contributed by atoms with van der Waals surface area (Å²) in [6.07, 6.45) is 0. The lowest BCUT2D eigenvalue weighted by atomic mass is 10.3. The van der Waals surface area contributed by atoms with Crippen LogP contribution in [0.5, 0.6) is 0 Å². The zero-order valence-electron chi connectivity index (χ0n) is 11.2. The molecule has 0 aliphatic heterocycles. The van der Waals surface area contributed by atoms with Crippen molar-refractivity contribution in [3.05, 3.63) is 55.7 Å². The highest BCUT2D eigenvalue weighted by Crippen LogP contribution is 2.21. The van der Waals surface area contributed by atoms with Crippen molar-refractivity contribution >= 4 is 68.3 Å². The number of amidine groups is 1. The van der Waals surface area contributed by atoms with Crippen molar-refractivity contribution in [2.24, 2.45) is 21.1 Å². The van der Waals surface area contributed by atoms with E-state index in [1.165, 1.54) is 0 Å². The van der Waals surface area contributed by atoms with Crippen LogP contribution >= 0.6 is 45.2 Å².